The van der Waals surface area contributed by atoms with Gasteiger partial charge in [0.15, 0.2) is 5.96 Å². The molecule has 130 valence electrons. The zero-order chi connectivity index (χ0) is 16.9. The van der Waals surface area contributed by atoms with E-state index in [0.29, 0.717) is 18.4 Å². The Labute approximate surface area is 164 Å². The summed E-state index contributed by atoms with van der Waals surface area (Å²) in [5.41, 5.74) is 10.9. The Morgan fingerprint density at radius 1 is 1.12 bits per heavy atom. The van der Waals surface area contributed by atoms with Gasteiger partial charge < -0.3 is 15.5 Å². The fourth-order valence-electron chi connectivity index (χ4n) is 2.49. The average Bonchev–Trinajstić information content (AvgIpc) is 3.02. The maximum atomic E-state index is 5.95. The number of halogens is 1. The van der Waals surface area contributed by atoms with Crippen LogP contribution in [0, 0.1) is 13.8 Å². The molecule has 0 fully saturated rings. The number of aliphatic imine (C=N–C) groups is 1. The summed E-state index contributed by atoms with van der Waals surface area (Å²) in [6.45, 7) is 4.46. The second-order valence-electron chi connectivity index (χ2n) is 5.71. The van der Waals surface area contributed by atoms with Gasteiger partial charge in [-0.1, -0.05) is 24.3 Å². The van der Waals surface area contributed by atoms with Crippen LogP contribution in [0.1, 0.15) is 16.8 Å². The van der Waals surface area contributed by atoms with E-state index in [-0.39, 0.29) is 24.0 Å². The van der Waals surface area contributed by atoms with E-state index in [4.69, 9.17) is 10.2 Å². The van der Waals surface area contributed by atoms with E-state index in [9.17, 15) is 0 Å². The van der Waals surface area contributed by atoms with Crippen molar-refractivity contribution in [1.82, 2.24) is 4.98 Å². The lowest BCUT2D eigenvalue weighted by Gasteiger charge is -2.07. The van der Waals surface area contributed by atoms with Crippen molar-refractivity contribution < 1.29 is 4.42 Å². The summed E-state index contributed by atoms with van der Waals surface area (Å²) in [5.74, 6) is 0.936. The van der Waals surface area contributed by atoms with E-state index in [0.717, 1.165) is 16.9 Å². The van der Waals surface area contributed by atoms with Gasteiger partial charge in [-0.05, 0) is 49.2 Å². The van der Waals surface area contributed by atoms with Crippen LogP contribution in [-0.4, -0.2) is 10.9 Å². The molecule has 0 aliphatic rings. The zero-order valence-corrected chi connectivity index (χ0v) is 16.5. The van der Waals surface area contributed by atoms with Crippen molar-refractivity contribution in [2.24, 2.45) is 10.7 Å². The van der Waals surface area contributed by atoms with Gasteiger partial charge in [-0.25, -0.2) is 9.98 Å². The van der Waals surface area contributed by atoms with E-state index < -0.39 is 0 Å². The molecule has 25 heavy (non-hydrogen) atoms. The van der Waals surface area contributed by atoms with Crippen LogP contribution in [0.25, 0.3) is 11.5 Å². The minimum absolute atomic E-state index is 0. The number of nitrogens with one attached hydrogen (secondary N) is 1. The molecule has 0 saturated heterocycles. The van der Waals surface area contributed by atoms with Gasteiger partial charge in [-0.3, -0.25) is 0 Å². The first-order chi connectivity index (χ1) is 11.6. The van der Waals surface area contributed by atoms with Crippen molar-refractivity contribution in [3.05, 3.63) is 71.6 Å². The van der Waals surface area contributed by atoms with Gasteiger partial charge in [0.05, 0.1) is 6.54 Å². The summed E-state index contributed by atoms with van der Waals surface area (Å²) in [7, 11) is 0. The molecule has 3 aromatic rings. The van der Waals surface area contributed by atoms with E-state index in [2.05, 4.69) is 21.4 Å². The Bertz CT molecular complexity index is 839. The number of oxazole rings is 1. The average molecular weight is 448 g/mol. The number of benzene rings is 2. The van der Waals surface area contributed by atoms with Gasteiger partial charge in [0.2, 0.25) is 5.89 Å². The predicted octanol–water partition coefficient (Wildman–Crippen LogP) is 4.50. The van der Waals surface area contributed by atoms with Crippen LogP contribution in [0.5, 0.6) is 0 Å². The number of rotatable bonds is 4. The molecular weight excluding hydrogens is 427 g/mol. The van der Waals surface area contributed by atoms with E-state index >= 15 is 0 Å². The standard InChI is InChI=1S/C19H20N4O.HI/c1-13-8-14(2)10-16(9-13)23-19(20)21-11-17-12-24-18(22-17)15-6-4-3-5-7-15;/h3-10,12H,11H2,1-2H3,(H3,20,21,23);1H. The Kier molecular flexibility index (Phi) is 6.58. The Morgan fingerprint density at radius 3 is 2.48 bits per heavy atom. The summed E-state index contributed by atoms with van der Waals surface area (Å²) in [4.78, 5) is 8.75. The molecule has 0 aliphatic heterocycles. The highest BCUT2D eigenvalue weighted by Gasteiger charge is 2.06. The summed E-state index contributed by atoms with van der Waals surface area (Å²) < 4.78 is 5.49. The second kappa shape index (κ2) is 8.66. The molecule has 6 heteroatoms. The Morgan fingerprint density at radius 2 is 1.80 bits per heavy atom. The van der Waals surface area contributed by atoms with Crippen LogP contribution in [-0.2, 0) is 6.54 Å². The van der Waals surface area contributed by atoms with E-state index in [1.165, 1.54) is 11.1 Å². The third-order valence-electron chi connectivity index (χ3n) is 3.48. The topological polar surface area (TPSA) is 76.4 Å². The molecule has 5 nitrogen and oxygen atoms in total. The molecule has 0 saturated carbocycles. The number of aryl methyl sites for hydroxylation is 2. The first-order valence-electron chi connectivity index (χ1n) is 7.75. The molecule has 0 unspecified atom stereocenters. The lowest BCUT2D eigenvalue weighted by Crippen LogP contribution is -2.22. The quantitative estimate of drug-likeness (QED) is 0.350. The molecule has 3 rings (SSSR count). The number of nitrogens with two attached hydrogens (primary N) is 1. The van der Waals surface area contributed by atoms with Crippen LogP contribution in [0.3, 0.4) is 0 Å². The van der Waals surface area contributed by atoms with Crippen molar-refractivity contribution in [2.45, 2.75) is 20.4 Å². The molecule has 0 radical (unpaired) electrons. The fraction of sp³-hybridized carbons (Fsp3) is 0.158. The molecular formula is C19H21IN4O. The monoisotopic (exact) mass is 448 g/mol. The molecule has 0 bridgehead atoms. The molecule has 2 aromatic carbocycles. The smallest absolute Gasteiger partial charge is 0.226 e. The first-order valence-corrected chi connectivity index (χ1v) is 7.75. The number of hydrogen-bond donors (Lipinski definition) is 2. The van der Waals surface area contributed by atoms with Gasteiger partial charge in [0, 0.05) is 11.3 Å². The summed E-state index contributed by atoms with van der Waals surface area (Å²) in [6.07, 6.45) is 1.61. The number of nitrogens with zero attached hydrogens (tertiary/aromatic N) is 2. The Balaban J connectivity index is 0.00000225. The van der Waals surface area contributed by atoms with Crippen molar-refractivity contribution in [1.29, 1.82) is 0 Å². The highest BCUT2D eigenvalue weighted by atomic mass is 127. The normalized spacial score (nSPS) is 11.0. The van der Waals surface area contributed by atoms with Crippen LogP contribution in [0.15, 0.2) is 64.2 Å². The maximum Gasteiger partial charge on any atom is 0.226 e. The van der Waals surface area contributed by atoms with Crippen molar-refractivity contribution in [3.63, 3.8) is 0 Å². The first kappa shape index (κ1) is 19.0. The van der Waals surface area contributed by atoms with Crippen LogP contribution >= 0.6 is 24.0 Å². The van der Waals surface area contributed by atoms with Crippen molar-refractivity contribution in [2.75, 3.05) is 5.32 Å². The molecule has 0 atom stereocenters. The van der Waals surface area contributed by atoms with Gasteiger partial charge in [0.1, 0.15) is 12.0 Å². The SMILES string of the molecule is Cc1cc(C)cc(NC(N)=NCc2coc(-c3ccccc3)n2)c1.I. The molecule has 0 aliphatic carbocycles. The van der Waals surface area contributed by atoms with E-state index in [1.54, 1.807) is 6.26 Å². The maximum absolute atomic E-state index is 5.95. The summed E-state index contributed by atoms with van der Waals surface area (Å²) >= 11 is 0. The zero-order valence-electron chi connectivity index (χ0n) is 14.2. The van der Waals surface area contributed by atoms with Gasteiger partial charge >= 0.3 is 0 Å². The molecule has 3 N–H and O–H groups in total. The second-order valence-corrected chi connectivity index (χ2v) is 5.71. The van der Waals surface area contributed by atoms with Gasteiger partial charge in [-0.15, -0.1) is 24.0 Å². The fourth-order valence-corrected chi connectivity index (χ4v) is 2.49. The summed E-state index contributed by atoms with van der Waals surface area (Å²) in [5, 5.41) is 3.10. The predicted molar refractivity (Wildman–Crippen MR) is 112 cm³/mol. The minimum Gasteiger partial charge on any atom is -0.444 e. The largest absolute Gasteiger partial charge is 0.444 e. The third-order valence-corrected chi connectivity index (χ3v) is 3.48. The van der Waals surface area contributed by atoms with Crippen LogP contribution in [0.2, 0.25) is 0 Å². The molecule has 1 heterocycles. The van der Waals surface area contributed by atoms with Crippen molar-refractivity contribution in [3.8, 4) is 11.5 Å². The van der Waals surface area contributed by atoms with E-state index in [1.807, 2.05) is 56.3 Å². The molecule has 0 spiro atoms. The molecule has 0 amide bonds. The lowest BCUT2D eigenvalue weighted by atomic mass is 10.1. The molecule has 1 aromatic heterocycles. The van der Waals surface area contributed by atoms with Crippen molar-refractivity contribution >= 4 is 35.6 Å². The third kappa shape index (κ3) is 5.32. The number of guanidine groups is 1. The van der Waals surface area contributed by atoms with Crippen LogP contribution in [0.4, 0.5) is 5.69 Å². The lowest BCUT2D eigenvalue weighted by molar-refractivity contribution is 0.572. The van der Waals surface area contributed by atoms with Gasteiger partial charge in [-0.2, -0.15) is 0 Å². The Hall–Kier alpha value is -2.35. The minimum atomic E-state index is 0. The van der Waals surface area contributed by atoms with Crippen LogP contribution < -0.4 is 11.1 Å². The van der Waals surface area contributed by atoms with Gasteiger partial charge in [0.25, 0.3) is 0 Å². The summed E-state index contributed by atoms with van der Waals surface area (Å²) in [6, 6.07) is 15.9. The highest BCUT2D eigenvalue weighted by molar-refractivity contribution is 14.0. The highest BCUT2D eigenvalue weighted by Crippen LogP contribution is 2.18. The number of hydrogen-bond acceptors (Lipinski definition) is 3. The number of aromatic nitrogens is 1. The number of anilines is 1.